The summed E-state index contributed by atoms with van der Waals surface area (Å²) < 4.78 is 11.9. The van der Waals surface area contributed by atoms with Gasteiger partial charge in [0.25, 0.3) is 0 Å². The molecule has 0 saturated heterocycles. The van der Waals surface area contributed by atoms with E-state index < -0.39 is 0 Å². The molecular formula is C35H54O3. The molecule has 3 heteroatoms. The van der Waals surface area contributed by atoms with E-state index in [4.69, 9.17) is 9.47 Å². The van der Waals surface area contributed by atoms with Gasteiger partial charge in [-0.1, -0.05) is 54.2 Å². The molecule has 1 unspecified atom stereocenters. The van der Waals surface area contributed by atoms with Gasteiger partial charge in [0.15, 0.2) is 0 Å². The summed E-state index contributed by atoms with van der Waals surface area (Å²) in [6.45, 7) is 22.2. The lowest BCUT2D eigenvalue weighted by atomic mass is 9.32. The highest BCUT2D eigenvalue weighted by Gasteiger charge is 2.70. The second-order valence-corrected chi connectivity index (χ2v) is 16.3. The predicted molar refractivity (Wildman–Crippen MR) is 153 cm³/mol. The highest BCUT2D eigenvalue weighted by molar-refractivity contribution is 5.66. The molecule has 5 aliphatic carbocycles. The van der Waals surface area contributed by atoms with Crippen LogP contribution in [0.25, 0.3) is 0 Å². The molecule has 0 bridgehead atoms. The van der Waals surface area contributed by atoms with Crippen LogP contribution < -0.4 is 0 Å². The summed E-state index contributed by atoms with van der Waals surface area (Å²) in [4.78, 5) is 12.0. The molecule has 1 aliphatic heterocycles. The van der Waals surface area contributed by atoms with Crippen molar-refractivity contribution in [1.29, 1.82) is 0 Å². The second kappa shape index (κ2) is 8.62. The third-order valence-electron chi connectivity index (χ3n) is 14.8. The molecule has 0 aromatic carbocycles. The third kappa shape index (κ3) is 3.41. The Morgan fingerprint density at radius 2 is 1.68 bits per heavy atom. The lowest BCUT2D eigenvalue weighted by Crippen LogP contribution is -2.66. The van der Waals surface area contributed by atoms with Crippen LogP contribution >= 0.6 is 0 Å². The number of carbonyl (C=O) groups is 1. The summed E-state index contributed by atoms with van der Waals surface area (Å²) in [7, 11) is 0. The maximum absolute atomic E-state index is 12.0. The Labute approximate surface area is 232 Å². The normalized spacial score (nSPS) is 52.9. The van der Waals surface area contributed by atoms with E-state index in [2.05, 4.69) is 54.2 Å². The average molecular weight is 523 g/mol. The maximum Gasteiger partial charge on any atom is 0.302 e. The number of rotatable bonds is 3. The van der Waals surface area contributed by atoms with Crippen molar-refractivity contribution < 1.29 is 14.3 Å². The molecule has 11 atom stereocenters. The Hall–Kier alpha value is -1.25. The van der Waals surface area contributed by atoms with E-state index in [1.807, 2.05) is 6.26 Å². The minimum atomic E-state index is -0.112. The Morgan fingerprint density at radius 1 is 0.921 bits per heavy atom. The van der Waals surface area contributed by atoms with Crippen molar-refractivity contribution >= 4 is 5.97 Å². The molecule has 5 saturated carbocycles. The van der Waals surface area contributed by atoms with Crippen LogP contribution in [-0.2, 0) is 14.3 Å². The fourth-order valence-electron chi connectivity index (χ4n) is 12.8. The molecule has 212 valence electrons. The number of esters is 1. The molecule has 1 heterocycles. The summed E-state index contributed by atoms with van der Waals surface area (Å²) in [6, 6.07) is 0. The van der Waals surface area contributed by atoms with Gasteiger partial charge < -0.3 is 9.47 Å². The number of hydrogen-bond acceptors (Lipinski definition) is 3. The van der Waals surface area contributed by atoms with E-state index >= 15 is 0 Å². The topological polar surface area (TPSA) is 35.5 Å². The quantitative estimate of drug-likeness (QED) is 0.348. The molecule has 0 spiro atoms. The van der Waals surface area contributed by atoms with Crippen molar-refractivity contribution in [3.8, 4) is 0 Å². The van der Waals surface area contributed by atoms with Crippen LogP contribution in [0.2, 0.25) is 0 Å². The molecule has 6 rings (SSSR count). The Bertz CT molecular complexity index is 1030. The van der Waals surface area contributed by atoms with Crippen LogP contribution in [-0.4, -0.2) is 18.7 Å². The van der Waals surface area contributed by atoms with Gasteiger partial charge in [-0.25, -0.2) is 0 Å². The van der Waals surface area contributed by atoms with Gasteiger partial charge in [-0.3, -0.25) is 4.79 Å². The van der Waals surface area contributed by atoms with Crippen LogP contribution in [0.1, 0.15) is 113 Å². The molecule has 3 nitrogen and oxygen atoms in total. The van der Waals surface area contributed by atoms with E-state index in [-0.39, 0.29) is 17.5 Å². The number of hydrogen-bond donors (Lipinski definition) is 0. The van der Waals surface area contributed by atoms with Gasteiger partial charge in [-0.2, -0.15) is 0 Å². The molecule has 5 fully saturated rings. The Balaban J connectivity index is 1.33. The first-order valence-corrected chi connectivity index (χ1v) is 15.9. The first kappa shape index (κ1) is 26.9. The molecule has 6 aliphatic rings. The number of fused-ring (bicyclic) bond motifs is 7. The third-order valence-corrected chi connectivity index (χ3v) is 14.8. The zero-order valence-electron chi connectivity index (χ0n) is 25.4. The molecule has 0 radical (unpaired) electrons. The van der Waals surface area contributed by atoms with Crippen molar-refractivity contribution in [3.05, 3.63) is 24.5 Å². The van der Waals surface area contributed by atoms with E-state index in [1.54, 1.807) is 6.92 Å². The van der Waals surface area contributed by atoms with Crippen molar-refractivity contribution in [1.82, 2.24) is 0 Å². The summed E-state index contributed by atoms with van der Waals surface area (Å²) in [5, 5.41) is 0. The van der Waals surface area contributed by atoms with Gasteiger partial charge in [0.2, 0.25) is 0 Å². The molecule has 0 aromatic rings. The van der Waals surface area contributed by atoms with Gasteiger partial charge in [0.05, 0.1) is 12.9 Å². The lowest BCUT2D eigenvalue weighted by molar-refractivity contribution is -0.250. The van der Waals surface area contributed by atoms with Crippen molar-refractivity contribution in [2.24, 2.45) is 62.6 Å². The van der Waals surface area contributed by atoms with Gasteiger partial charge >= 0.3 is 5.97 Å². The highest BCUT2D eigenvalue weighted by Crippen LogP contribution is 2.77. The van der Waals surface area contributed by atoms with Gasteiger partial charge in [0.1, 0.15) is 6.10 Å². The van der Waals surface area contributed by atoms with Gasteiger partial charge in [-0.05, 0) is 121 Å². The summed E-state index contributed by atoms with van der Waals surface area (Å²) >= 11 is 0. The number of allylic oxidation sites excluding steroid dienone is 1. The molecule has 0 amide bonds. The maximum atomic E-state index is 12.0. The van der Waals surface area contributed by atoms with E-state index in [9.17, 15) is 4.79 Å². The molecule has 38 heavy (non-hydrogen) atoms. The zero-order chi connectivity index (χ0) is 27.3. The van der Waals surface area contributed by atoms with E-state index in [1.165, 1.54) is 63.4 Å². The average Bonchev–Trinajstić information content (AvgIpc) is 3.45. The fraction of sp³-hybridized carbons (Fsp3) is 0.857. The number of ether oxygens (including phenoxy) is 2. The zero-order valence-corrected chi connectivity index (χ0v) is 25.4. The SMILES string of the molecule is C=CC1=COCC1[C@@H]1CC[C@]2(C)CC[C@]3(C)[C@H](CC[C@@H]4[C@@]5(C)CC[C@H](OC(C)=O)C(C)(C)[C@@H]5CC[C@]43C)[C@@H]12. The Kier molecular flexibility index (Phi) is 6.12. The summed E-state index contributed by atoms with van der Waals surface area (Å²) in [6.07, 6.45) is 17.3. The van der Waals surface area contributed by atoms with Gasteiger partial charge in [0, 0.05) is 18.3 Å². The van der Waals surface area contributed by atoms with Crippen molar-refractivity contribution in [2.75, 3.05) is 6.61 Å². The predicted octanol–water partition coefficient (Wildman–Crippen LogP) is 8.74. The second-order valence-electron chi connectivity index (χ2n) is 16.3. The van der Waals surface area contributed by atoms with Crippen molar-refractivity contribution in [2.45, 2.75) is 119 Å². The standard InChI is InChI=1S/C35H54O3/c1-9-23-20-37-21-25(23)24-12-15-32(5)18-19-34(7)26(30(24)32)10-11-28-33(6)16-14-29(38-22(2)36)31(3,4)27(33)13-17-35(28,34)8/h9,20,24-30H,1,10-19,21H2,2-8H3/t24-,25?,26+,27-,28+,29-,30+,32+,33-,34+,35+/m0/s1. The van der Waals surface area contributed by atoms with Crippen LogP contribution in [0.15, 0.2) is 24.5 Å². The van der Waals surface area contributed by atoms with E-state index in [0.29, 0.717) is 33.5 Å². The van der Waals surface area contributed by atoms with Crippen LogP contribution in [0.3, 0.4) is 0 Å². The van der Waals surface area contributed by atoms with E-state index in [0.717, 1.165) is 36.7 Å². The number of carbonyl (C=O) groups excluding carboxylic acids is 1. The summed E-state index contributed by atoms with van der Waals surface area (Å²) in [5.74, 6) is 4.16. The molecule has 0 N–H and O–H groups in total. The monoisotopic (exact) mass is 522 g/mol. The first-order valence-electron chi connectivity index (χ1n) is 15.9. The largest absolute Gasteiger partial charge is 0.500 e. The Morgan fingerprint density at radius 3 is 2.39 bits per heavy atom. The van der Waals surface area contributed by atoms with Crippen molar-refractivity contribution in [3.63, 3.8) is 0 Å². The van der Waals surface area contributed by atoms with Crippen LogP contribution in [0, 0.1) is 62.6 Å². The molecule has 0 aromatic heterocycles. The molecular weight excluding hydrogens is 468 g/mol. The smallest absolute Gasteiger partial charge is 0.302 e. The van der Waals surface area contributed by atoms with Gasteiger partial charge in [-0.15, -0.1) is 0 Å². The summed E-state index contributed by atoms with van der Waals surface area (Å²) in [5.41, 5.74) is 2.97. The first-order chi connectivity index (χ1) is 17.8. The minimum Gasteiger partial charge on any atom is -0.500 e. The van der Waals surface area contributed by atoms with Crippen LogP contribution in [0.4, 0.5) is 0 Å². The van der Waals surface area contributed by atoms with Crippen LogP contribution in [0.5, 0.6) is 0 Å². The highest BCUT2D eigenvalue weighted by atomic mass is 16.5. The minimum absolute atomic E-state index is 0.0370. The fourth-order valence-corrected chi connectivity index (χ4v) is 12.8. The lowest BCUT2D eigenvalue weighted by Gasteiger charge is -2.73.